The summed E-state index contributed by atoms with van der Waals surface area (Å²) in [7, 11) is 1.63. The van der Waals surface area contributed by atoms with Crippen molar-refractivity contribution in [3.05, 3.63) is 71.7 Å². The van der Waals surface area contributed by atoms with Crippen LogP contribution in [-0.4, -0.2) is 32.0 Å². The number of thioether (sulfide) groups is 1. The summed E-state index contributed by atoms with van der Waals surface area (Å²) in [6, 6.07) is 17.4. The van der Waals surface area contributed by atoms with Crippen molar-refractivity contribution in [2.24, 2.45) is 0 Å². The Morgan fingerprint density at radius 2 is 2.00 bits per heavy atom. The highest BCUT2D eigenvalue weighted by atomic mass is 32.2. The third kappa shape index (κ3) is 3.90. The fraction of sp³-hybridized carbons (Fsp3) is 0.136. The van der Waals surface area contributed by atoms with Gasteiger partial charge in [-0.05, 0) is 43.3 Å². The molecule has 0 fully saturated rings. The summed E-state index contributed by atoms with van der Waals surface area (Å²) in [6.07, 6.45) is 3.56. The molecule has 0 spiro atoms. The molecule has 0 aliphatic rings. The summed E-state index contributed by atoms with van der Waals surface area (Å²) >= 11 is 2.77. The lowest BCUT2D eigenvalue weighted by Crippen LogP contribution is -2.06. The molecule has 4 rings (SSSR count). The predicted molar refractivity (Wildman–Crippen MR) is 120 cm³/mol. The summed E-state index contributed by atoms with van der Waals surface area (Å²) in [5, 5.41) is 21.4. The van der Waals surface area contributed by atoms with Gasteiger partial charge in [0.1, 0.15) is 28.2 Å². The molecule has 2 aromatic carbocycles. The van der Waals surface area contributed by atoms with E-state index in [0.717, 1.165) is 21.7 Å². The zero-order chi connectivity index (χ0) is 21.1. The second kappa shape index (κ2) is 8.61. The Kier molecular flexibility index (Phi) is 5.74. The van der Waals surface area contributed by atoms with E-state index in [1.54, 1.807) is 13.3 Å². The quantitative estimate of drug-likeness (QED) is 0.246. The van der Waals surface area contributed by atoms with E-state index in [4.69, 9.17) is 4.74 Å². The highest BCUT2D eigenvalue weighted by molar-refractivity contribution is 8.00. The average Bonchev–Trinajstić information content (AvgIpc) is 3.41. The number of thiazole rings is 1. The van der Waals surface area contributed by atoms with Crippen molar-refractivity contribution in [3.63, 3.8) is 0 Å². The van der Waals surface area contributed by atoms with Gasteiger partial charge in [-0.25, -0.2) is 9.97 Å². The largest absolute Gasteiger partial charge is 0.510 e. The standard InChI is InChI=1S/C22H18N4O2S2/c1-14(20(27)17(13-23)21-25-18-5-3-4-6-19(18)30-21)29-22-24-11-12-26(22)15-7-9-16(28-2)10-8-15/h3-12,14,27H,1-2H3/b20-17-. The highest BCUT2D eigenvalue weighted by Gasteiger charge is 2.21. The van der Waals surface area contributed by atoms with Gasteiger partial charge in [0.15, 0.2) is 5.16 Å². The molecule has 4 aromatic rings. The maximum Gasteiger partial charge on any atom is 0.173 e. The molecule has 2 heterocycles. The molecule has 0 saturated carbocycles. The summed E-state index contributed by atoms with van der Waals surface area (Å²) in [5.74, 6) is 0.766. The zero-order valence-electron chi connectivity index (χ0n) is 16.3. The number of para-hydroxylation sites is 1. The van der Waals surface area contributed by atoms with E-state index in [1.807, 2.05) is 66.2 Å². The fourth-order valence-electron chi connectivity index (χ4n) is 2.93. The minimum absolute atomic E-state index is 0.00848. The molecule has 6 nitrogen and oxygen atoms in total. The molecule has 30 heavy (non-hydrogen) atoms. The number of benzene rings is 2. The van der Waals surface area contributed by atoms with Crippen molar-refractivity contribution in [2.75, 3.05) is 7.11 Å². The van der Waals surface area contributed by atoms with Crippen LogP contribution in [0.25, 0.3) is 21.5 Å². The number of hydrogen-bond acceptors (Lipinski definition) is 7. The predicted octanol–water partition coefficient (Wildman–Crippen LogP) is 5.46. The lowest BCUT2D eigenvalue weighted by atomic mass is 10.2. The van der Waals surface area contributed by atoms with Crippen LogP contribution in [0.15, 0.2) is 71.8 Å². The van der Waals surface area contributed by atoms with Crippen LogP contribution >= 0.6 is 23.1 Å². The normalized spacial score (nSPS) is 13.0. The first-order valence-corrected chi connectivity index (χ1v) is 10.8. The van der Waals surface area contributed by atoms with E-state index >= 15 is 0 Å². The van der Waals surface area contributed by atoms with Crippen LogP contribution in [0, 0.1) is 11.3 Å². The molecular formula is C22H18N4O2S2. The number of allylic oxidation sites excluding steroid dienone is 1. The third-order valence-corrected chi connectivity index (χ3v) is 6.64. The Morgan fingerprint density at radius 1 is 1.23 bits per heavy atom. The Balaban J connectivity index is 1.62. The summed E-state index contributed by atoms with van der Waals surface area (Å²) in [5.41, 5.74) is 1.94. The van der Waals surface area contributed by atoms with Crippen LogP contribution in [0.2, 0.25) is 0 Å². The number of imidazole rings is 1. The molecule has 8 heteroatoms. The molecule has 0 saturated heterocycles. The molecule has 2 aromatic heterocycles. The number of ether oxygens (including phenoxy) is 1. The van der Waals surface area contributed by atoms with Crippen molar-refractivity contribution in [1.82, 2.24) is 14.5 Å². The summed E-state index contributed by atoms with van der Waals surface area (Å²) in [6.45, 7) is 1.84. The topological polar surface area (TPSA) is 84.0 Å². The minimum Gasteiger partial charge on any atom is -0.510 e. The summed E-state index contributed by atoms with van der Waals surface area (Å²) in [4.78, 5) is 8.92. The maximum atomic E-state index is 10.8. The number of nitriles is 1. The van der Waals surface area contributed by atoms with Crippen molar-refractivity contribution < 1.29 is 9.84 Å². The molecule has 0 bridgehead atoms. The number of hydrogen-bond donors (Lipinski definition) is 1. The Bertz CT molecular complexity index is 1220. The van der Waals surface area contributed by atoms with E-state index in [9.17, 15) is 10.4 Å². The van der Waals surface area contributed by atoms with Crippen LogP contribution in [0.1, 0.15) is 11.9 Å². The van der Waals surface area contributed by atoms with Gasteiger partial charge in [-0.1, -0.05) is 23.9 Å². The number of methoxy groups -OCH3 is 1. The molecule has 0 aliphatic carbocycles. The molecule has 0 amide bonds. The Hall–Kier alpha value is -3.28. The fourth-order valence-corrected chi connectivity index (χ4v) is 4.84. The smallest absolute Gasteiger partial charge is 0.173 e. The third-order valence-electron chi connectivity index (χ3n) is 4.50. The number of fused-ring (bicyclic) bond motifs is 1. The van der Waals surface area contributed by atoms with Crippen molar-refractivity contribution in [2.45, 2.75) is 17.3 Å². The average molecular weight is 435 g/mol. The molecular weight excluding hydrogens is 416 g/mol. The SMILES string of the molecule is COc1ccc(-n2ccnc2SC(C)/C(O)=C(\C#N)c2nc3ccccc3s2)cc1. The van der Waals surface area contributed by atoms with Gasteiger partial charge in [0.2, 0.25) is 0 Å². The first-order chi connectivity index (χ1) is 14.6. The van der Waals surface area contributed by atoms with E-state index < -0.39 is 0 Å². The number of aromatic nitrogens is 3. The highest BCUT2D eigenvalue weighted by Crippen LogP contribution is 2.33. The van der Waals surface area contributed by atoms with Crippen LogP contribution in [0.3, 0.4) is 0 Å². The molecule has 1 atom stereocenters. The number of nitrogens with zero attached hydrogens (tertiary/aromatic N) is 4. The zero-order valence-corrected chi connectivity index (χ0v) is 17.9. The minimum atomic E-state index is -0.383. The number of aliphatic hydroxyl groups excluding tert-OH is 1. The molecule has 1 unspecified atom stereocenters. The lowest BCUT2D eigenvalue weighted by molar-refractivity contribution is 0.402. The maximum absolute atomic E-state index is 10.8. The molecule has 1 N–H and O–H groups in total. The van der Waals surface area contributed by atoms with Gasteiger partial charge in [0, 0.05) is 18.1 Å². The van der Waals surface area contributed by atoms with Crippen molar-refractivity contribution in [1.29, 1.82) is 5.26 Å². The van der Waals surface area contributed by atoms with Gasteiger partial charge < -0.3 is 9.84 Å². The van der Waals surface area contributed by atoms with Gasteiger partial charge >= 0.3 is 0 Å². The van der Waals surface area contributed by atoms with Gasteiger partial charge in [-0.15, -0.1) is 11.3 Å². The molecule has 150 valence electrons. The monoisotopic (exact) mass is 434 g/mol. The second-order valence-electron chi connectivity index (χ2n) is 6.40. The second-order valence-corrected chi connectivity index (χ2v) is 8.74. The van der Waals surface area contributed by atoms with E-state index in [-0.39, 0.29) is 16.6 Å². The van der Waals surface area contributed by atoms with Crippen molar-refractivity contribution >= 4 is 38.9 Å². The first-order valence-electron chi connectivity index (χ1n) is 9.14. The Morgan fingerprint density at radius 3 is 2.70 bits per heavy atom. The van der Waals surface area contributed by atoms with E-state index in [0.29, 0.717) is 10.2 Å². The van der Waals surface area contributed by atoms with E-state index in [2.05, 4.69) is 16.0 Å². The van der Waals surface area contributed by atoms with Crippen LogP contribution in [0.5, 0.6) is 5.75 Å². The van der Waals surface area contributed by atoms with Gasteiger partial charge in [-0.2, -0.15) is 5.26 Å². The van der Waals surface area contributed by atoms with Crippen molar-refractivity contribution in [3.8, 4) is 17.5 Å². The molecule has 0 aliphatic heterocycles. The van der Waals surface area contributed by atoms with Crippen LogP contribution in [-0.2, 0) is 0 Å². The lowest BCUT2D eigenvalue weighted by Gasteiger charge is -2.13. The van der Waals surface area contributed by atoms with E-state index in [1.165, 1.54) is 23.1 Å². The number of aliphatic hydroxyl groups is 1. The number of rotatable bonds is 6. The van der Waals surface area contributed by atoms with Crippen LogP contribution < -0.4 is 4.74 Å². The molecule has 0 radical (unpaired) electrons. The first kappa shape index (κ1) is 20.0. The van der Waals surface area contributed by atoms with Gasteiger partial charge in [0.05, 0.1) is 22.6 Å². The van der Waals surface area contributed by atoms with Crippen LogP contribution in [0.4, 0.5) is 0 Å². The Labute approximate surface area is 182 Å². The summed E-state index contributed by atoms with van der Waals surface area (Å²) < 4.78 is 8.11. The van der Waals surface area contributed by atoms with Gasteiger partial charge in [-0.3, -0.25) is 4.57 Å². The van der Waals surface area contributed by atoms with Gasteiger partial charge in [0.25, 0.3) is 0 Å².